The molecule has 0 saturated carbocycles. The van der Waals surface area contributed by atoms with E-state index in [1.54, 1.807) is 12.4 Å². The zero-order chi connectivity index (χ0) is 12.4. The number of carbonyl (C=O) groups is 1. The Morgan fingerprint density at radius 2 is 2.16 bits per heavy atom. The molecule has 0 aromatic carbocycles. The lowest BCUT2D eigenvalue weighted by atomic mass is 10.1. The van der Waals surface area contributed by atoms with Crippen LogP contribution in [0.2, 0.25) is 0 Å². The fourth-order valence-corrected chi connectivity index (χ4v) is 2.43. The molecule has 1 aromatic rings. The summed E-state index contributed by atoms with van der Waals surface area (Å²) in [6, 6.07) is 2.16. The van der Waals surface area contributed by atoms with Gasteiger partial charge in [-0.25, -0.2) is 0 Å². The van der Waals surface area contributed by atoms with E-state index in [9.17, 15) is 4.79 Å². The van der Waals surface area contributed by atoms with Gasteiger partial charge in [-0.3, -0.25) is 9.78 Å². The lowest BCUT2D eigenvalue weighted by Gasteiger charge is -2.21. The van der Waals surface area contributed by atoms with Crippen LogP contribution in [0.3, 0.4) is 0 Å². The molecule has 19 heavy (non-hydrogen) atoms. The number of nitrogens with two attached hydrogens (primary N) is 1. The molecule has 1 aromatic heterocycles. The van der Waals surface area contributed by atoms with Gasteiger partial charge < -0.3 is 10.6 Å². The lowest BCUT2D eigenvalue weighted by Crippen LogP contribution is -2.34. The molecule has 2 unspecified atom stereocenters. The molecule has 1 saturated heterocycles. The van der Waals surface area contributed by atoms with E-state index in [4.69, 9.17) is 5.73 Å². The van der Waals surface area contributed by atoms with E-state index >= 15 is 0 Å². The molecule has 1 aliphatic heterocycles. The minimum Gasteiger partial charge on any atom is -0.336 e. The average Bonchev–Trinajstić information content (AvgIpc) is 2.69. The summed E-state index contributed by atoms with van der Waals surface area (Å²) in [6.45, 7) is 5.45. The minimum atomic E-state index is 0. The third-order valence-corrected chi connectivity index (χ3v) is 3.38. The summed E-state index contributed by atoms with van der Waals surface area (Å²) in [5.74, 6) is 0.511. The zero-order valence-corrected chi connectivity index (χ0v) is 12.8. The van der Waals surface area contributed by atoms with Gasteiger partial charge in [0.15, 0.2) is 0 Å². The van der Waals surface area contributed by atoms with Crippen LogP contribution in [-0.2, 0) is 0 Å². The number of rotatable bonds is 2. The van der Waals surface area contributed by atoms with Crippen LogP contribution in [0.25, 0.3) is 0 Å². The van der Waals surface area contributed by atoms with Crippen molar-refractivity contribution in [3.05, 3.63) is 29.6 Å². The van der Waals surface area contributed by atoms with Gasteiger partial charge in [-0.1, -0.05) is 0 Å². The normalized spacial score (nSPS) is 21.5. The van der Waals surface area contributed by atoms with E-state index < -0.39 is 0 Å². The molecule has 2 rings (SSSR count). The summed E-state index contributed by atoms with van der Waals surface area (Å²) < 4.78 is 0. The first kappa shape index (κ1) is 18.2. The monoisotopic (exact) mass is 305 g/mol. The molecular weight excluding hydrogens is 285 g/mol. The Bertz CT molecular complexity index is 428. The molecule has 2 atom stereocenters. The van der Waals surface area contributed by atoms with Crippen LogP contribution in [-0.4, -0.2) is 34.9 Å². The largest absolute Gasteiger partial charge is 0.336 e. The van der Waals surface area contributed by atoms with Crippen molar-refractivity contribution in [3.8, 4) is 0 Å². The fourth-order valence-electron chi connectivity index (χ4n) is 2.43. The first-order valence-corrected chi connectivity index (χ1v) is 6.04. The first-order valence-electron chi connectivity index (χ1n) is 6.04. The predicted molar refractivity (Wildman–Crippen MR) is 81.1 cm³/mol. The number of aryl methyl sites for hydroxylation is 1. The van der Waals surface area contributed by atoms with Crippen molar-refractivity contribution < 1.29 is 4.79 Å². The molecule has 0 radical (unpaired) electrons. The molecule has 2 heterocycles. The van der Waals surface area contributed by atoms with Crippen molar-refractivity contribution in [3.63, 3.8) is 0 Å². The molecule has 0 bridgehead atoms. The van der Waals surface area contributed by atoms with Crippen LogP contribution in [0.5, 0.6) is 0 Å². The van der Waals surface area contributed by atoms with Gasteiger partial charge in [0.25, 0.3) is 5.91 Å². The number of halogens is 2. The number of hydrogen-bond donors (Lipinski definition) is 1. The number of pyridine rings is 1. The van der Waals surface area contributed by atoms with Gasteiger partial charge in [0.2, 0.25) is 0 Å². The Labute approximate surface area is 126 Å². The van der Waals surface area contributed by atoms with E-state index in [0.29, 0.717) is 18.0 Å². The maximum absolute atomic E-state index is 12.3. The molecule has 0 spiro atoms. The van der Waals surface area contributed by atoms with Crippen LogP contribution < -0.4 is 5.73 Å². The van der Waals surface area contributed by atoms with Gasteiger partial charge in [-0.05, 0) is 44.4 Å². The number of likely N-dealkylation sites (tertiary alicyclic amines) is 1. The van der Waals surface area contributed by atoms with E-state index in [2.05, 4.69) is 11.9 Å². The second-order valence-electron chi connectivity index (χ2n) is 4.89. The van der Waals surface area contributed by atoms with E-state index in [1.807, 2.05) is 17.9 Å². The number of nitrogens with zero attached hydrogens (tertiary/aromatic N) is 2. The van der Waals surface area contributed by atoms with E-state index in [-0.39, 0.29) is 36.8 Å². The van der Waals surface area contributed by atoms with Gasteiger partial charge in [-0.15, -0.1) is 24.8 Å². The van der Waals surface area contributed by atoms with Gasteiger partial charge in [0, 0.05) is 25.0 Å². The standard InChI is InChI=1S/C13H19N3O.2ClH/c1-9-3-12(7-15-6-9)13(17)16-8-11(5-14)4-10(16)2;;/h3,6-7,10-11H,4-5,8,14H2,1-2H3;2*1H. The summed E-state index contributed by atoms with van der Waals surface area (Å²) in [6.07, 6.45) is 4.40. The van der Waals surface area contributed by atoms with Crippen LogP contribution >= 0.6 is 24.8 Å². The second kappa shape index (κ2) is 7.68. The van der Waals surface area contributed by atoms with Crippen LogP contribution in [0.15, 0.2) is 18.5 Å². The van der Waals surface area contributed by atoms with Gasteiger partial charge >= 0.3 is 0 Å². The molecule has 2 N–H and O–H groups in total. The Balaban J connectivity index is 0.00000162. The third-order valence-electron chi connectivity index (χ3n) is 3.38. The first-order chi connectivity index (χ1) is 8.11. The fraction of sp³-hybridized carbons (Fsp3) is 0.538. The van der Waals surface area contributed by atoms with Crippen LogP contribution in [0.1, 0.15) is 29.3 Å². The van der Waals surface area contributed by atoms with Crippen LogP contribution in [0.4, 0.5) is 0 Å². The Morgan fingerprint density at radius 3 is 2.68 bits per heavy atom. The number of aromatic nitrogens is 1. The number of hydrogen-bond acceptors (Lipinski definition) is 3. The number of carbonyl (C=O) groups excluding carboxylic acids is 1. The summed E-state index contributed by atoms with van der Waals surface area (Å²) in [7, 11) is 0. The summed E-state index contributed by atoms with van der Waals surface area (Å²) in [5.41, 5.74) is 7.36. The predicted octanol–water partition coefficient (Wildman–Crippen LogP) is 2.04. The van der Waals surface area contributed by atoms with Crippen molar-refractivity contribution >= 4 is 30.7 Å². The summed E-state index contributed by atoms with van der Waals surface area (Å²) >= 11 is 0. The van der Waals surface area contributed by atoms with Crippen molar-refractivity contribution in [1.82, 2.24) is 9.88 Å². The summed E-state index contributed by atoms with van der Waals surface area (Å²) in [5, 5.41) is 0. The smallest absolute Gasteiger partial charge is 0.255 e. The average molecular weight is 306 g/mol. The highest BCUT2D eigenvalue weighted by Gasteiger charge is 2.32. The van der Waals surface area contributed by atoms with Gasteiger partial charge in [-0.2, -0.15) is 0 Å². The van der Waals surface area contributed by atoms with Crippen molar-refractivity contribution in [1.29, 1.82) is 0 Å². The van der Waals surface area contributed by atoms with Crippen molar-refractivity contribution in [2.75, 3.05) is 13.1 Å². The highest BCUT2D eigenvalue weighted by Crippen LogP contribution is 2.24. The zero-order valence-electron chi connectivity index (χ0n) is 11.2. The molecule has 0 aliphatic carbocycles. The quantitative estimate of drug-likeness (QED) is 0.909. The Hall–Kier alpha value is -0.840. The summed E-state index contributed by atoms with van der Waals surface area (Å²) in [4.78, 5) is 18.3. The molecule has 1 fully saturated rings. The second-order valence-corrected chi connectivity index (χ2v) is 4.89. The minimum absolute atomic E-state index is 0. The van der Waals surface area contributed by atoms with Crippen molar-refractivity contribution in [2.24, 2.45) is 11.7 Å². The van der Waals surface area contributed by atoms with Gasteiger partial charge in [0.05, 0.1) is 5.56 Å². The lowest BCUT2D eigenvalue weighted by molar-refractivity contribution is 0.0743. The van der Waals surface area contributed by atoms with Crippen LogP contribution in [0, 0.1) is 12.8 Å². The molecule has 6 heteroatoms. The molecular formula is C13H21Cl2N3O. The Kier molecular flexibility index (Phi) is 7.34. The SMILES string of the molecule is Cc1cncc(C(=O)N2CC(CN)CC2C)c1.Cl.Cl. The Morgan fingerprint density at radius 1 is 1.47 bits per heavy atom. The highest BCUT2D eigenvalue weighted by atomic mass is 35.5. The molecule has 1 amide bonds. The van der Waals surface area contributed by atoms with E-state index in [1.165, 1.54) is 0 Å². The molecule has 1 aliphatic rings. The highest BCUT2D eigenvalue weighted by molar-refractivity contribution is 5.94. The molecule has 4 nitrogen and oxygen atoms in total. The number of amides is 1. The maximum Gasteiger partial charge on any atom is 0.255 e. The third kappa shape index (κ3) is 4.06. The van der Waals surface area contributed by atoms with Crippen molar-refractivity contribution in [2.45, 2.75) is 26.3 Å². The molecule has 108 valence electrons. The van der Waals surface area contributed by atoms with Gasteiger partial charge in [0.1, 0.15) is 0 Å². The van der Waals surface area contributed by atoms with E-state index in [0.717, 1.165) is 18.5 Å². The topological polar surface area (TPSA) is 59.2 Å². The maximum atomic E-state index is 12.3.